The fraction of sp³-hybridized carbons (Fsp3) is 0.419. The Morgan fingerprint density at radius 1 is 0.667 bits per heavy atom. The molecule has 4 aromatic rings. The maximum Gasteiger partial charge on any atom is 0.707 e. The molecule has 0 amide bonds. The Bertz CT molecular complexity index is 1220. The number of hydrogen-bond acceptors (Lipinski definition) is 3. The van der Waals surface area contributed by atoms with Crippen LogP contribution in [0.4, 0.5) is 0 Å². The Balaban J connectivity index is 0.000000226. The van der Waals surface area contributed by atoms with E-state index in [4.69, 9.17) is 14.7 Å². The van der Waals surface area contributed by atoms with Gasteiger partial charge in [-0.3, -0.25) is 0 Å². The molecule has 36 heavy (non-hydrogen) atoms. The van der Waals surface area contributed by atoms with Crippen LogP contribution in [0.25, 0.3) is 32.3 Å². The molecule has 4 rings (SSSR count). The van der Waals surface area contributed by atoms with Crippen molar-refractivity contribution in [1.82, 2.24) is 0 Å². The smallest absolute Gasteiger partial charge is 0.511 e. The van der Waals surface area contributed by atoms with E-state index in [1.165, 1.54) is 43.9 Å². The van der Waals surface area contributed by atoms with Crippen LogP contribution in [0.15, 0.2) is 66.7 Å². The van der Waals surface area contributed by atoms with Crippen LogP contribution < -0.4 is 4.65 Å². The molecule has 0 saturated heterocycles. The van der Waals surface area contributed by atoms with Crippen LogP contribution in [0.1, 0.15) is 59.3 Å². The van der Waals surface area contributed by atoms with Crippen molar-refractivity contribution in [2.45, 2.75) is 59.3 Å². The van der Waals surface area contributed by atoms with Crippen LogP contribution in [0.2, 0.25) is 0 Å². The zero-order valence-corrected chi connectivity index (χ0v) is 23.4. The predicted molar refractivity (Wildman–Crippen MR) is 162 cm³/mol. The van der Waals surface area contributed by atoms with E-state index >= 15 is 0 Å². The van der Waals surface area contributed by atoms with Gasteiger partial charge in [-0.2, -0.15) is 0 Å². The summed E-state index contributed by atoms with van der Waals surface area (Å²) in [6.45, 7) is 9.59. The van der Waals surface area contributed by atoms with Crippen molar-refractivity contribution in [2.75, 3.05) is 25.2 Å². The van der Waals surface area contributed by atoms with Crippen LogP contribution in [0, 0.1) is 0 Å². The quantitative estimate of drug-likeness (QED) is 0.0930. The molecule has 192 valence electrons. The van der Waals surface area contributed by atoms with Crippen molar-refractivity contribution < 1.29 is 14.7 Å². The molecular weight excluding hydrogens is 462 g/mol. The largest absolute Gasteiger partial charge is 0.707 e. The first kappa shape index (κ1) is 28.4. The molecule has 4 aromatic carbocycles. The maximum atomic E-state index is 9.14. The standard InChI is InChI=1S/C18H13BO3.C13H30P/c20-19(21)22-17-7-3-6-12-8-9-15-10-13-4-1-2-5-14(13)11-16(15)18(12)17;1-5-8-11-14(4,12-9-6-2)13-10-7-3/h1-11,20-21H;5-13H2,1-4H3/q;+1. The second-order valence-electron chi connectivity index (χ2n) is 10.1. The highest BCUT2D eigenvalue weighted by Crippen LogP contribution is 2.57. The lowest BCUT2D eigenvalue weighted by atomic mass is 9.97. The lowest BCUT2D eigenvalue weighted by molar-refractivity contribution is 0.289. The Kier molecular flexibility index (Phi) is 11.0. The van der Waals surface area contributed by atoms with E-state index in [1.807, 2.05) is 30.3 Å². The molecular formula is C31H43BO3P+. The average molecular weight is 505 g/mol. The molecule has 0 aliphatic rings. The van der Waals surface area contributed by atoms with E-state index in [9.17, 15) is 0 Å². The summed E-state index contributed by atoms with van der Waals surface area (Å²) >= 11 is 0. The molecule has 0 bridgehead atoms. The van der Waals surface area contributed by atoms with E-state index in [2.05, 4.69) is 57.8 Å². The van der Waals surface area contributed by atoms with E-state index in [-0.39, 0.29) is 0 Å². The van der Waals surface area contributed by atoms with Crippen molar-refractivity contribution in [3.63, 3.8) is 0 Å². The van der Waals surface area contributed by atoms with Gasteiger partial charge in [0.05, 0.1) is 18.5 Å². The maximum absolute atomic E-state index is 9.14. The first-order chi connectivity index (χ1) is 17.4. The molecule has 5 heteroatoms. The molecule has 0 radical (unpaired) electrons. The zero-order valence-electron chi connectivity index (χ0n) is 22.5. The average Bonchev–Trinajstić information content (AvgIpc) is 2.88. The van der Waals surface area contributed by atoms with Gasteiger partial charge in [0.1, 0.15) is 5.75 Å². The van der Waals surface area contributed by atoms with Crippen LogP contribution in [-0.2, 0) is 0 Å². The summed E-state index contributed by atoms with van der Waals surface area (Å²) < 4.78 is 5.16. The van der Waals surface area contributed by atoms with Crippen molar-refractivity contribution >= 4 is 46.9 Å². The third kappa shape index (κ3) is 7.69. The molecule has 3 nitrogen and oxygen atoms in total. The van der Waals surface area contributed by atoms with Gasteiger partial charge in [-0.05, 0) is 64.4 Å². The van der Waals surface area contributed by atoms with Gasteiger partial charge in [0.25, 0.3) is 0 Å². The van der Waals surface area contributed by atoms with E-state index in [0.29, 0.717) is 5.75 Å². The number of hydrogen-bond donors (Lipinski definition) is 2. The van der Waals surface area contributed by atoms with Crippen molar-refractivity contribution in [3.05, 3.63) is 66.7 Å². The topological polar surface area (TPSA) is 49.7 Å². The summed E-state index contributed by atoms with van der Waals surface area (Å²) in [5, 5.41) is 24.6. The predicted octanol–water partition coefficient (Wildman–Crippen LogP) is 8.53. The second kappa shape index (κ2) is 14.0. The van der Waals surface area contributed by atoms with Gasteiger partial charge in [-0.1, -0.05) is 88.6 Å². The number of rotatable bonds is 11. The van der Waals surface area contributed by atoms with Gasteiger partial charge < -0.3 is 14.7 Å². The summed E-state index contributed by atoms with van der Waals surface area (Å²) in [6.07, 6.45) is 13.2. The number of unbranched alkanes of at least 4 members (excludes halogenated alkanes) is 3. The molecule has 0 aromatic heterocycles. The van der Waals surface area contributed by atoms with Crippen LogP contribution in [-0.4, -0.2) is 42.5 Å². The Labute approximate surface area is 218 Å². The minimum atomic E-state index is -1.83. The molecule has 0 heterocycles. The van der Waals surface area contributed by atoms with E-state index < -0.39 is 14.6 Å². The minimum absolute atomic E-state index is 0.466. The lowest BCUT2D eigenvalue weighted by Gasteiger charge is -2.22. The third-order valence-corrected chi connectivity index (χ3v) is 11.3. The molecule has 0 fully saturated rings. The Morgan fingerprint density at radius 2 is 1.19 bits per heavy atom. The van der Waals surface area contributed by atoms with Gasteiger partial charge in [0, 0.05) is 19.3 Å². The molecule has 0 aliphatic carbocycles. The fourth-order valence-electron chi connectivity index (χ4n) is 4.93. The monoisotopic (exact) mass is 505 g/mol. The highest BCUT2D eigenvalue weighted by Gasteiger charge is 2.28. The Morgan fingerprint density at radius 3 is 1.75 bits per heavy atom. The first-order valence-corrected chi connectivity index (χ1v) is 16.4. The summed E-state index contributed by atoms with van der Waals surface area (Å²) in [5.74, 6) is 0.466. The van der Waals surface area contributed by atoms with Gasteiger partial charge in [0.15, 0.2) is 0 Å². The van der Waals surface area contributed by atoms with Crippen molar-refractivity contribution in [3.8, 4) is 5.75 Å². The van der Waals surface area contributed by atoms with Gasteiger partial charge in [-0.25, -0.2) is 0 Å². The van der Waals surface area contributed by atoms with E-state index in [0.717, 1.165) is 26.9 Å². The molecule has 0 atom stereocenters. The SMILES string of the molecule is CCCC[P+](C)(CCCC)CCCC.OB(O)Oc1cccc2ccc3cc4ccccc4cc3c12. The van der Waals surface area contributed by atoms with Crippen molar-refractivity contribution in [1.29, 1.82) is 0 Å². The minimum Gasteiger partial charge on any atom is -0.511 e. The van der Waals surface area contributed by atoms with Crippen LogP contribution in [0.5, 0.6) is 5.75 Å². The molecule has 2 N–H and O–H groups in total. The normalized spacial score (nSPS) is 11.5. The van der Waals surface area contributed by atoms with Gasteiger partial charge in [0.2, 0.25) is 0 Å². The highest BCUT2D eigenvalue weighted by molar-refractivity contribution is 7.75. The summed E-state index contributed by atoms with van der Waals surface area (Å²) in [7, 11) is -2.35. The number of fused-ring (bicyclic) bond motifs is 4. The van der Waals surface area contributed by atoms with E-state index in [1.54, 1.807) is 24.6 Å². The molecule has 0 saturated carbocycles. The number of benzene rings is 4. The second-order valence-corrected chi connectivity index (χ2v) is 14.7. The summed E-state index contributed by atoms with van der Waals surface area (Å²) in [4.78, 5) is 0. The third-order valence-electron chi connectivity index (χ3n) is 7.07. The molecule has 0 unspecified atom stereocenters. The first-order valence-electron chi connectivity index (χ1n) is 13.6. The highest BCUT2D eigenvalue weighted by atomic mass is 31.2. The van der Waals surface area contributed by atoms with Crippen LogP contribution >= 0.6 is 7.26 Å². The summed E-state index contributed by atoms with van der Waals surface area (Å²) in [5.41, 5.74) is 0. The zero-order chi connectivity index (χ0) is 26.0. The van der Waals surface area contributed by atoms with Gasteiger partial charge in [-0.15, -0.1) is 0 Å². The lowest BCUT2D eigenvalue weighted by Crippen LogP contribution is -2.20. The molecule has 0 aliphatic heterocycles. The van der Waals surface area contributed by atoms with Crippen molar-refractivity contribution in [2.24, 2.45) is 0 Å². The Hall–Kier alpha value is -2.13. The molecule has 0 spiro atoms. The van der Waals surface area contributed by atoms with Crippen LogP contribution in [0.3, 0.4) is 0 Å². The summed E-state index contributed by atoms with van der Waals surface area (Å²) in [6, 6.07) is 22.1. The fourth-order valence-corrected chi connectivity index (χ4v) is 8.84. The van der Waals surface area contributed by atoms with Gasteiger partial charge >= 0.3 is 7.32 Å².